The number of nitriles is 1. The lowest BCUT2D eigenvalue weighted by Crippen LogP contribution is -2.17. The van der Waals surface area contributed by atoms with Crippen LogP contribution in [-0.2, 0) is 5.41 Å². The fraction of sp³-hybridized carbons (Fsp3) is 0.455. The molecule has 1 aromatic heterocycles. The van der Waals surface area contributed by atoms with Gasteiger partial charge >= 0.3 is 0 Å². The first-order valence-corrected chi connectivity index (χ1v) is 4.48. The first-order chi connectivity index (χ1) is 6.10. The summed E-state index contributed by atoms with van der Waals surface area (Å²) in [6, 6.07) is 7.65. The molecule has 0 spiro atoms. The van der Waals surface area contributed by atoms with Crippen LogP contribution in [0.1, 0.15) is 38.6 Å². The molecule has 2 heteroatoms. The molecule has 0 radical (unpaired) electrons. The fourth-order valence-corrected chi connectivity index (χ4v) is 1.06. The van der Waals surface area contributed by atoms with Crippen molar-refractivity contribution in [3.8, 4) is 6.07 Å². The van der Waals surface area contributed by atoms with Gasteiger partial charge in [0.1, 0.15) is 11.8 Å². The summed E-state index contributed by atoms with van der Waals surface area (Å²) in [6.07, 6.45) is 1.02. The van der Waals surface area contributed by atoms with E-state index in [1.165, 1.54) is 0 Å². The molecule has 0 aliphatic carbocycles. The van der Waals surface area contributed by atoms with Crippen molar-refractivity contribution < 1.29 is 0 Å². The highest BCUT2D eigenvalue weighted by Crippen LogP contribution is 2.24. The molecule has 1 rings (SSSR count). The Morgan fingerprint density at radius 3 is 2.69 bits per heavy atom. The third-order valence-corrected chi connectivity index (χ3v) is 2.44. The van der Waals surface area contributed by atoms with E-state index in [0.29, 0.717) is 5.69 Å². The van der Waals surface area contributed by atoms with Crippen LogP contribution in [-0.4, -0.2) is 4.98 Å². The van der Waals surface area contributed by atoms with Crippen LogP contribution in [0.25, 0.3) is 0 Å². The lowest BCUT2D eigenvalue weighted by atomic mass is 9.86. The SMILES string of the molecule is CCC(C)(C)c1cccc(C#N)n1. The molecule has 1 aromatic rings. The van der Waals surface area contributed by atoms with Crippen molar-refractivity contribution in [3.05, 3.63) is 29.6 Å². The van der Waals surface area contributed by atoms with E-state index in [-0.39, 0.29) is 5.41 Å². The molecule has 0 saturated heterocycles. The van der Waals surface area contributed by atoms with E-state index in [1.54, 1.807) is 6.07 Å². The molecule has 0 aliphatic heterocycles. The van der Waals surface area contributed by atoms with Gasteiger partial charge in [-0.15, -0.1) is 0 Å². The third-order valence-electron chi connectivity index (χ3n) is 2.44. The molecule has 0 atom stereocenters. The average Bonchev–Trinajstić information content (AvgIpc) is 2.18. The van der Waals surface area contributed by atoms with Crippen LogP contribution < -0.4 is 0 Å². The van der Waals surface area contributed by atoms with E-state index in [2.05, 4.69) is 31.8 Å². The Morgan fingerprint density at radius 1 is 1.46 bits per heavy atom. The number of hydrogen-bond donors (Lipinski definition) is 0. The van der Waals surface area contributed by atoms with Crippen molar-refractivity contribution in [2.75, 3.05) is 0 Å². The number of aromatic nitrogens is 1. The zero-order valence-corrected chi connectivity index (χ0v) is 8.33. The molecule has 68 valence electrons. The van der Waals surface area contributed by atoms with Crippen molar-refractivity contribution in [1.82, 2.24) is 4.98 Å². The summed E-state index contributed by atoms with van der Waals surface area (Å²) in [5.74, 6) is 0. The Labute approximate surface area is 79.2 Å². The second-order valence-corrected chi connectivity index (χ2v) is 3.76. The summed E-state index contributed by atoms with van der Waals surface area (Å²) in [4.78, 5) is 4.27. The molecule has 0 bridgehead atoms. The number of pyridine rings is 1. The minimum Gasteiger partial charge on any atom is -0.242 e. The topological polar surface area (TPSA) is 36.7 Å². The van der Waals surface area contributed by atoms with Crippen molar-refractivity contribution in [2.45, 2.75) is 32.6 Å². The van der Waals surface area contributed by atoms with Gasteiger partial charge in [-0.25, -0.2) is 4.98 Å². The highest BCUT2D eigenvalue weighted by molar-refractivity contribution is 5.25. The fourth-order valence-electron chi connectivity index (χ4n) is 1.06. The van der Waals surface area contributed by atoms with E-state index < -0.39 is 0 Å². The molecule has 0 amide bonds. The minimum absolute atomic E-state index is 0.0624. The summed E-state index contributed by atoms with van der Waals surface area (Å²) in [7, 11) is 0. The van der Waals surface area contributed by atoms with E-state index in [1.807, 2.05) is 12.1 Å². The van der Waals surface area contributed by atoms with Crippen LogP contribution in [0, 0.1) is 11.3 Å². The van der Waals surface area contributed by atoms with Gasteiger partial charge < -0.3 is 0 Å². The van der Waals surface area contributed by atoms with E-state index >= 15 is 0 Å². The third kappa shape index (κ3) is 2.06. The van der Waals surface area contributed by atoms with E-state index in [4.69, 9.17) is 5.26 Å². The molecule has 1 heterocycles. The van der Waals surface area contributed by atoms with Gasteiger partial charge in [0.25, 0.3) is 0 Å². The molecular weight excluding hydrogens is 160 g/mol. The molecule has 0 saturated carbocycles. The minimum atomic E-state index is 0.0624. The molecule has 0 aromatic carbocycles. The Balaban J connectivity index is 3.10. The van der Waals surface area contributed by atoms with Gasteiger partial charge in [-0.1, -0.05) is 26.8 Å². The maximum absolute atomic E-state index is 8.69. The van der Waals surface area contributed by atoms with Gasteiger partial charge in [0, 0.05) is 11.1 Å². The molecule has 0 N–H and O–H groups in total. The lowest BCUT2D eigenvalue weighted by molar-refractivity contribution is 0.490. The molecule has 13 heavy (non-hydrogen) atoms. The van der Waals surface area contributed by atoms with Gasteiger partial charge in [0.2, 0.25) is 0 Å². The molecule has 0 fully saturated rings. The summed E-state index contributed by atoms with van der Waals surface area (Å²) >= 11 is 0. The Bertz CT molecular complexity index is 334. The smallest absolute Gasteiger partial charge is 0.140 e. The standard InChI is InChI=1S/C11H14N2/c1-4-11(2,3)10-7-5-6-9(8-12)13-10/h5-7H,4H2,1-3H3. The highest BCUT2D eigenvalue weighted by atomic mass is 14.7. The van der Waals surface area contributed by atoms with Crippen LogP contribution in [0.3, 0.4) is 0 Å². The van der Waals surface area contributed by atoms with Gasteiger partial charge in [-0.05, 0) is 18.6 Å². The molecule has 2 nitrogen and oxygen atoms in total. The molecular formula is C11H14N2. The summed E-state index contributed by atoms with van der Waals surface area (Å²) in [5.41, 5.74) is 1.56. The lowest BCUT2D eigenvalue weighted by Gasteiger charge is -2.21. The number of hydrogen-bond acceptors (Lipinski definition) is 2. The van der Waals surface area contributed by atoms with Crippen LogP contribution in [0.4, 0.5) is 0 Å². The normalized spacial score (nSPS) is 10.9. The summed E-state index contributed by atoms with van der Waals surface area (Å²) < 4.78 is 0. The Kier molecular flexibility index (Phi) is 2.67. The predicted molar refractivity (Wildman–Crippen MR) is 52.3 cm³/mol. The Morgan fingerprint density at radius 2 is 2.15 bits per heavy atom. The van der Waals surface area contributed by atoms with Crippen molar-refractivity contribution >= 4 is 0 Å². The van der Waals surface area contributed by atoms with Gasteiger partial charge in [-0.3, -0.25) is 0 Å². The van der Waals surface area contributed by atoms with E-state index in [9.17, 15) is 0 Å². The van der Waals surface area contributed by atoms with Crippen molar-refractivity contribution in [2.24, 2.45) is 0 Å². The zero-order valence-electron chi connectivity index (χ0n) is 8.33. The second kappa shape index (κ2) is 3.57. The summed E-state index contributed by atoms with van der Waals surface area (Å²) in [5, 5.41) is 8.69. The van der Waals surface area contributed by atoms with Crippen LogP contribution in [0.5, 0.6) is 0 Å². The van der Waals surface area contributed by atoms with Crippen molar-refractivity contribution in [3.63, 3.8) is 0 Å². The van der Waals surface area contributed by atoms with Crippen LogP contribution in [0.2, 0.25) is 0 Å². The van der Waals surface area contributed by atoms with Gasteiger partial charge in [-0.2, -0.15) is 5.26 Å². The highest BCUT2D eigenvalue weighted by Gasteiger charge is 2.19. The van der Waals surface area contributed by atoms with E-state index in [0.717, 1.165) is 12.1 Å². The monoisotopic (exact) mass is 174 g/mol. The maximum Gasteiger partial charge on any atom is 0.140 e. The quantitative estimate of drug-likeness (QED) is 0.691. The second-order valence-electron chi connectivity index (χ2n) is 3.76. The first kappa shape index (κ1) is 9.73. The number of nitrogens with zero attached hydrogens (tertiary/aromatic N) is 2. The van der Waals surface area contributed by atoms with Gasteiger partial charge in [0.05, 0.1) is 0 Å². The molecule has 0 unspecified atom stereocenters. The average molecular weight is 174 g/mol. The largest absolute Gasteiger partial charge is 0.242 e. The zero-order chi connectivity index (χ0) is 9.90. The Hall–Kier alpha value is -1.36. The van der Waals surface area contributed by atoms with Crippen LogP contribution in [0.15, 0.2) is 18.2 Å². The predicted octanol–water partition coefficient (Wildman–Crippen LogP) is 2.64. The van der Waals surface area contributed by atoms with Gasteiger partial charge in [0.15, 0.2) is 0 Å². The first-order valence-electron chi connectivity index (χ1n) is 4.48. The summed E-state index contributed by atoms with van der Waals surface area (Å²) in [6.45, 7) is 6.40. The number of rotatable bonds is 2. The molecule has 0 aliphatic rings. The maximum atomic E-state index is 8.69. The van der Waals surface area contributed by atoms with Crippen LogP contribution >= 0.6 is 0 Å². The van der Waals surface area contributed by atoms with Crippen molar-refractivity contribution in [1.29, 1.82) is 5.26 Å².